The minimum atomic E-state index is -0.545. The number of H-pyrrole nitrogens is 1. The van der Waals surface area contributed by atoms with Crippen molar-refractivity contribution in [3.63, 3.8) is 0 Å². The summed E-state index contributed by atoms with van der Waals surface area (Å²) in [5.41, 5.74) is 2.86. The zero-order chi connectivity index (χ0) is 14.4. The van der Waals surface area contributed by atoms with Crippen LogP contribution in [0.25, 0.3) is 0 Å². The molecular formula is C12H13N5O3. The van der Waals surface area contributed by atoms with Gasteiger partial charge in [-0.1, -0.05) is 0 Å². The molecule has 0 spiro atoms. The molecule has 0 amide bonds. The van der Waals surface area contributed by atoms with Crippen molar-refractivity contribution in [2.24, 2.45) is 5.10 Å². The predicted octanol–water partition coefficient (Wildman–Crippen LogP) is 0.628. The molecule has 0 atom stereocenters. The van der Waals surface area contributed by atoms with E-state index in [1.807, 2.05) is 6.07 Å². The molecule has 0 unspecified atom stereocenters. The number of nitrogens with one attached hydrogen (secondary N) is 2. The van der Waals surface area contributed by atoms with E-state index >= 15 is 0 Å². The van der Waals surface area contributed by atoms with Gasteiger partial charge in [-0.3, -0.25) is 5.43 Å². The van der Waals surface area contributed by atoms with Gasteiger partial charge in [-0.05, 0) is 23.8 Å². The lowest BCUT2D eigenvalue weighted by Crippen LogP contribution is -2.13. The lowest BCUT2D eigenvalue weighted by molar-refractivity contribution is 0.355. The molecule has 2 rings (SSSR count). The average molecular weight is 275 g/mol. The predicted molar refractivity (Wildman–Crippen MR) is 73.4 cm³/mol. The molecule has 8 heteroatoms. The monoisotopic (exact) mass is 275 g/mol. The summed E-state index contributed by atoms with van der Waals surface area (Å²) in [6, 6.07) is 5.36. The van der Waals surface area contributed by atoms with Crippen LogP contribution in [-0.2, 0) is 0 Å². The Morgan fingerprint density at radius 1 is 1.30 bits per heavy atom. The Kier molecular flexibility index (Phi) is 4.28. The minimum absolute atomic E-state index is 0.255. The van der Waals surface area contributed by atoms with E-state index in [1.165, 1.54) is 6.20 Å². The molecule has 1 aromatic heterocycles. The van der Waals surface area contributed by atoms with Crippen molar-refractivity contribution in [3.05, 3.63) is 40.4 Å². The first-order valence-corrected chi connectivity index (χ1v) is 5.66. The van der Waals surface area contributed by atoms with Gasteiger partial charge in [0.05, 0.1) is 26.6 Å². The molecule has 0 fully saturated rings. The van der Waals surface area contributed by atoms with Crippen LogP contribution in [0.1, 0.15) is 5.56 Å². The number of rotatable bonds is 5. The van der Waals surface area contributed by atoms with E-state index in [4.69, 9.17) is 9.47 Å². The zero-order valence-corrected chi connectivity index (χ0v) is 11.0. The Morgan fingerprint density at radius 2 is 2.10 bits per heavy atom. The number of aromatic nitrogens is 3. The molecule has 8 nitrogen and oxygen atoms in total. The smallest absolute Gasteiger partial charge is 0.363 e. The van der Waals surface area contributed by atoms with Gasteiger partial charge in [0.1, 0.15) is 0 Å². The van der Waals surface area contributed by atoms with E-state index in [2.05, 4.69) is 25.7 Å². The second kappa shape index (κ2) is 6.32. The molecular weight excluding hydrogens is 262 g/mol. The Balaban J connectivity index is 2.10. The standard InChI is InChI=1S/C12H13N5O3/c1-19-9-4-3-8(5-10(9)20-2)6-13-16-11-7-14-17-12(18)15-11/h3-7H,1-2H3,(H2,15,16,17,18)/b13-6-. The summed E-state index contributed by atoms with van der Waals surface area (Å²) < 4.78 is 10.3. The maximum Gasteiger partial charge on any atom is 0.363 e. The average Bonchev–Trinajstić information content (AvgIpc) is 2.47. The fraction of sp³-hybridized carbons (Fsp3) is 0.167. The summed E-state index contributed by atoms with van der Waals surface area (Å²) in [5, 5.41) is 9.71. The molecule has 2 aromatic rings. The van der Waals surface area contributed by atoms with Gasteiger partial charge in [-0.15, -0.1) is 0 Å². The minimum Gasteiger partial charge on any atom is -0.493 e. The molecule has 20 heavy (non-hydrogen) atoms. The maximum absolute atomic E-state index is 10.9. The Labute approximate surface area is 114 Å². The summed E-state index contributed by atoms with van der Waals surface area (Å²) in [6.07, 6.45) is 2.91. The second-order valence-corrected chi connectivity index (χ2v) is 3.66. The van der Waals surface area contributed by atoms with Crippen LogP contribution in [0, 0.1) is 0 Å². The van der Waals surface area contributed by atoms with Crippen molar-refractivity contribution >= 4 is 12.0 Å². The molecule has 1 heterocycles. The normalized spacial score (nSPS) is 10.5. The molecule has 1 aromatic carbocycles. The summed E-state index contributed by atoms with van der Waals surface area (Å²) in [7, 11) is 3.13. The van der Waals surface area contributed by atoms with Gasteiger partial charge in [0.15, 0.2) is 17.3 Å². The van der Waals surface area contributed by atoms with Crippen LogP contribution in [0.2, 0.25) is 0 Å². The SMILES string of the molecule is COc1ccc(/C=N\Nc2cn[nH]c(=O)n2)cc1OC. The Hall–Kier alpha value is -2.90. The first-order valence-electron chi connectivity index (χ1n) is 5.66. The lowest BCUT2D eigenvalue weighted by atomic mass is 10.2. The first kappa shape index (κ1) is 13.5. The van der Waals surface area contributed by atoms with Crippen LogP contribution in [0.15, 0.2) is 34.3 Å². The van der Waals surface area contributed by atoms with Crippen LogP contribution in [0.4, 0.5) is 5.82 Å². The highest BCUT2D eigenvalue weighted by Crippen LogP contribution is 2.26. The van der Waals surface area contributed by atoms with Crippen molar-refractivity contribution in [2.45, 2.75) is 0 Å². The molecule has 0 saturated heterocycles. The van der Waals surface area contributed by atoms with E-state index in [-0.39, 0.29) is 5.82 Å². The largest absolute Gasteiger partial charge is 0.493 e. The van der Waals surface area contributed by atoms with Crippen molar-refractivity contribution in [3.8, 4) is 11.5 Å². The van der Waals surface area contributed by atoms with E-state index in [0.29, 0.717) is 11.5 Å². The first-order chi connectivity index (χ1) is 9.72. The van der Waals surface area contributed by atoms with Gasteiger partial charge >= 0.3 is 5.69 Å². The van der Waals surface area contributed by atoms with E-state index < -0.39 is 5.69 Å². The van der Waals surface area contributed by atoms with Gasteiger partial charge in [0.25, 0.3) is 0 Å². The number of aromatic amines is 1. The van der Waals surface area contributed by atoms with Crippen molar-refractivity contribution in [1.29, 1.82) is 0 Å². The van der Waals surface area contributed by atoms with Crippen LogP contribution >= 0.6 is 0 Å². The van der Waals surface area contributed by atoms with Crippen molar-refractivity contribution < 1.29 is 9.47 Å². The number of anilines is 1. The topological polar surface area (TPSA) is 101 Å². The quantitative estimate of drug-likeness (QED) is 0.613. The van der Waals surface area contributed by atoms with Gasteiger partial charge in [0.2, 0.25) is 0 Å². The number of methoxy groups -OCH3 is 2. The third kappa shape index (κ3) is 3.31. The van der Waals surface area contributed by atoms with Gasteiger partial charge < -0.3 is 9.47 Å². The van der Waals surface area contributed by atoms with E-state index in [1.54, 1.807) is 32.6 Å². The number of benzene rings is 1. The molecule has 0 saturated carbocycles. The van der Waals surface area contributed by atoms with Gasteiger partial charge in [-0.2, -0.15) is 15.2 Å². The van der Waals surface area contributed by atoms with Gasteiger partial charge in [-0.25, -0.2) is 9.89 Å². The lowest BCUT2D eigenvalue weighted by Gasteiger charge is -2.07. The van der Waals surface area contributed by atoms with Crippen LogP contribution in [-0.4, -0.2) is 35.6 Å². The maximum atomic E-state index is 10.9. The fourth-order valence-corrected chi connectivity index (χ4v) is 1.47. The Bertz CT molecular complexity index is 668. The summed E-state index contributed by atoms with van der Waals surface area (Å²) in [4.78, 5) is 14.5. The molecule has 0 aliphatic rings. The molecule has 0 aliphatic carbocycles. The highest BCUT2D eigenvalue weighted by Gasteiger charge is 2.02. The molecule has 0 bridgehead atoms. The third-order valence-electron chi connectivity index (χ3n) is 2.37. The highest BCUT2D eigenvalue weighted by molar-refractivity contribution is 5.81. The molecule has 0 radical (unpaired) electrons. The van der Waals surface area contributed by atoms with Crippen LogP contribution < -0.4 is 20.6 Å². The second-order valence-electron chi connectivity index (χ2n) is 3.66. The number of hydrazone groups is 1. The van der Waals surface area contributed by atoms with E-state index in [9.17, 15) is 4.79 Å². The van der Waals surface area contributed by atoms with Gasteiger partial charge in [0, 0.05) is 0 Å². The Morgan fingerprint density at radius 3 is 2.80 bits per heavy atom. The molecule has 2 N–H and O–H groups in total. The van der Waals surface area contributed by atoms with Crippen LogP contribution in [0.3, 0.4) is 0 Å². The van der Waals surface area contributed by atoms with Crippen molar-refractivity contribution in [1.82, 2.24) is 15.2 Å². The summed E-state index contributed by atoms with van der Waals surface area (Å²) in [6.45, 7) is 0. The number of nitrogens with zero attached hydrogens (tertiary/aromatic N) is 3. The zero-order valence-electron chi connectivity index (χ0n) is 11.0. The third-order valence-corrected chi connectivity index (χ3v) is 2.37. The van der Waals surface area contributed by atoms with Crippen LogP contribution in [0.5, 0.6) is 11.5 Å². The highest BCUT2D eigenvalue weighted by atomic mass is 16.5. The number of hydrogen-bond acceptors (Lipinski definition) is 7. The summed E-state index contributed by atoms with van der Waals surface area (Å²) in [5.74, 6) is 1.50. The number of hydrogen-bond donors (Lipinski definition) is 2. The summed E-state index contributed by atoms with van der Waals surface area (Å²) >= 11 is 0. The van der Waals surface area contributed by atoms with E-state index in [0.717, 1.165) is 5.56 Å². The van der Waals surface area contributed by atoms with Crippen molar-refractivity contribution in [2.75, 3.05) is 19.6 Å². The number of ether oxygens (including phenoxy) is 2. The molecule has 0 aliphatic heterocycles. The molecule has 104 valence electrons. The fourth-order valence-electron chi connectivity index (χ4n) is 1.47.